The van der Waals surface area contributed by atoms with Crippen molar-refractivity contribution in [2.75, 3.05) is 12.9 Å². The molecule has 0 unspecified atom stereocenters. The molecule has 3 aromatic carbocycles. The molecule has 0 spiro atoms. The number of hydrogen-bond donors (Lipinski definition) is 0. The second-order valence-corrected chi connectivity index (χ2v) is 9.15. The average molecular weight is 439 g/mol. The fourth-order valence-electron chi connectivity index (χ4n) is 2.85. The van der Waals surface area contributed by atoms with E-state index in [9.17, 15) is 8.42 Å². The van der Waals surface area contributed by atoms with Gasteiger partial charge in [0, 0.05) is 16.7 Å². The van der Waals surface area contributed by atoms with Crippen LogP contribution in [0.4, 0.5) is 0 Å². The molecule has 152 valence electrons. The van der Waals surface area contributed by atoms with Crippen LogP contribution in [0.15, 0.2) is 92.7 Å². The van der Waals surface area contributed by atoms with Gasteiger partial charge in [-0.3, -0.25) is 0 Å². The molecule has 8 heteroatoms. The molecule has 4 aromatic rings. The molecule has 0 N–H and O–H groups in total. The van der Waals surface area contributed by atoms with E-state index >= 15 is 0 Å². The van der Waals surface area contributed by atoms with Crippen LogP contribution in [0.3, 0.4) is 0 Å². The van der Waals surface area contributed by atoms with Gasteiger partial charge in [0.15, 0.2) is 9.84 Å². The first-order valence-electron chi connectivity index (χ1n) is 9.06. The summed E-state index contributed by atoms with van der Waals surface area (Å²) in [6.45, 7) is 0. The second-order valence-electron chi connectivity index (χ2n) is 6.34. The number of hydrogen-bond acceptors (Lipinski definition) is 7. The van der Waals surface area contributed by atoms with Crippen molar-refractivity contribution in [2.45, 2.75) is 10.1 Å². The number of ether oxygens (including phenoxy) is 1. The summed E-state index contributed by atoms with van der Waals surface area (Å²) in [7, 11) is -1.94. The lowest BCUT2D eigenvalue weighted by Gasteiger charge is -2.02. The Morgan fingerprint density at radius 1 is 1.00 bits per heavy atom. The molecular weight excluding hydrogens is 420 g/mol. The van der Waals surface area contributed by atoms with Crippen LogP contribution < -0.4 is 4.74 Å². The van der Waals surface area contributed by atoms with Gasteiger partial charge in [0.1, 0.15) is 5.75 Å². The maximum Gasteiger partial charge on any atom is 0.277 e. The first kappa shape index (κ1) is 20.2. The highest BCUT2D eigenvalue weighted by atomic mass is 32.2. The first-order chi connectivity index (χ1) is 14.5. The molecule has 1 heterocycles. The topological polar surface area (TPSA) is 82.3 Å². The molecule has 0 aliphatic carbocycles. The third-order valence-electron chi connectivity index (χ3n) is 4.35. The van der Waals surface area contributed by atoms with Crippen molar-refractivity contribution in [2.24, 2.45) is 0 Å². The maximum atomic E-state index is 12.6. The highest BCUT2D eigenvalue weighted by Crippen LogP contribution is 2.26. The maximum absolute atomic E-state index is 12.6. The van der Waals surface area contributed by atoms with Gasteiger partial charge in [-0.15, -0.1) is 10.2 Å². The molecule has 1 aromatic heterocycles. The largest absolute Gasteiger partial charge is 0.497 e. The van der Waals surface area contributed by atoms with Crippen LogP contribution in [0.25, 0.3) is 22.2 Å². The second kappa shape index (κ2) is 8.73. The Bertz CT molecular complexity index is 1310. The van der Waals surface area contributed by atoms with Gasteiger partial charge in [0.05, 0.1) is 12.0 Å². The zero-order valence-electron chi connectivity index (χ0n) is 16.1. The van der Waals surface area contributed by atoms with Gasteiger partial charge in [-0.25, -0.2) is 8.42 Å². The van der Waals surface area contributed by atoms with Crippen LogP contribution in [0, 0.1) is 0 Å². The molecule has 0 radical (unpaired) electrons. The molecule has 6 nitrogen and oxygen atoms in total. The zero-order valence-corrected chi connectivity index (χ0v) is 17.7. The van der Waals surface area contributed by atoms with Gasteiger partial charge in [0.25, 0.3) is 5.22 Å². The minimum absolute atomic E-state index is 0.264. The van der Waals surface area contributed by atoms with Crippen LogP contribution in [-0.4, -0.2) is 31.5 Å². The highest BCUT2D eigenvalue weighted by Gasteiger charge is 2.12. The van der Waals surface area contributed by atoms with Crippen molar-refractivity contribution < 1.29 is 17.6 Å². The Morgan fingerprint density at radius 3 is 2.67 bits per heavy atom. The number of methoxy groups -OCH3 is 1. The first-order valence-corrected chi connectivity index (χ1v) is 11.6. The third-order valence-corrected chi connectivity index (χ3v) is 6.58. The molecule has 0 saturated heterocycles. The Morgan fingerprint density at radius 2 is 1.83 bits per heavy atom. The zero-order chi connectivity index (χ0) is 21.0. The van der Waals surface area contributed by atoms with Crippen molar-refractivity contribution in [3.63, 3.8) is 0 Å². The number of rotatable bonds is 7. The Hall–Kier alpha value is -3.10. The third kappa shape index (κ3) is 4.55. The fourth-order valence-corrected chi connectivity index (χ4v) is 4.60. The Balaban J connectivity index is 1.41. The van der Waals surface area contributed by atoms with Gasteiger partial charge in [-0.05, 0) is 41.1 Å². The molecule has 0 bridgehead atoms. The van der Waals surface area contributed by atoms with E-state index in [1.807, 2.05) is 48.5 Å². The van der Waals surface area contributed by atoms with E-state index in [1.165, 1.54) is 17.2 Å². The van der Waals surface area contributed by atoms with Crippen molar-refractivity contribution in [1.82, 2.24) is 10.2 Å². The molecule has 0 aliphatic rings. The van der Waals surface area contributed by atoms with Crippen LogP contribution in [0.2, 0.25) is 0 Å². The van der Waals surface area contributed by atoms with E-state index in [1.54, 1.807) is 31.4 Å². The van der Waals surface area contributed by atoms with Crippen LogP contribution in [0.1, 0.15) is 0 Å². The van der Waals surface area contributed by atoms with E-state index in [0.29, 0.717) is 22.6 Å². The smallest absolute Gasteiger partial charge is 0.277 e. The summed E-state index contributed by atoms with van der Waals surface area (Å²) in [4.78, 5) is 0.264. The van der Waals surface area contributed by atoms with E-state index in [-0.39, 0.29) is 4.90 Å². The van der Waals surface area contributed by atoms with Crippen LogP contribution >= 0.6 is 11.8 Å². The normalized spacial score (nSPS) is 11.9. The number of fused-ring (bicyclic) bond motifs is 1. The van der Waals surface area contributed by atoms with Crippen molar-refractivity contribution in [1.29, 1.82) is 0 Å². The number of sulfone groups is 1. The molecule has 0 aliphatic heterocycles. The SMILES string of the molecule is COc1cccc(-c2nnc(SCC=CS(=O)(=O)c3ccc4ccccc4c3)o2)c1. The highest BCUT2D eigenvalue weighted by molar-refractivity contribution is 7.99. The summed E-state index contributed by atoms with van der Waals surface area (Å²) in [6, 6.07) is 20.1. The van der Waals surface area contributed by atoms with Crippen molar-refractivity contribution >= 4 is 32.4 Å². The molecule has 0 fully saturated rings. The number of aromatic nitrogens is 2. The van der Waals surface area contributed by atoms with Crippen LogP contribution in [0.5, 0.6) is 5.75 Å². The summed E-state index contributed by atoms with van der Waals surface area (Å²) < 4.78 is 36.0. The molecule has 0 atom stereocenters. The van der Waals surface area contributed by atoms with Crippen molar-refractivity contribution in [3.05, 3.63) is 78.2 Å². The van der Waals surface area contributed by atoms with Crippen LogP contribution in [-0.2, 0) is 9.84 Å². The summed E-state index contributed by atoms with van der Waals surface area (Å²) >= 11 is 1.26. The van der Waals surface area contributed by atoms with Gasteiger partial charge in [-0.1, -0.05) is 54.2 Å². The minimum atomic E-state index is -3.53. The van der Waals surface area contributed by atoms with E-state index < -0.39 is 9.84 Å². The molecule has 30 heavy (non-hydrogen) atoms. The number of thioether (sulfide) groups is 1. The fraction of sp³-hybridized carbons (Fsp3) is 0.0909. The van der Waals surface area contributed by atoms with Gasteiger partial charge >= 0.3 is 0 Å². The number of nitrogens with zero attached hydrogens (tertiary/aromatic N) is 2. The minimum Gasteiger partial charge on any atom is -0.497 e. The van der Waals surface area contributed by atoms with Gasteiger partial charge < -0.3 is 9.15 Å². The van der Waals surface area contributed by atoms with E-state index in [2.05, 4.69) is 10.2 Å². The van der Waals surface area contributed by atoms with Gasteiger partial charge in [0.2, 0.25) is 5.89 Å². The van der Waals surface area contributed by atoms with Gasteiger partial charge in [-0.2, -0.15) is 0 Å². The van der Waals surface area contributed by atoms with Crippen molar-refractivity contribution in [3.8, 4) is 17.2 Å². The van der Waals surface area contributed by atoms with E-state index in [4.69, 9.17) is 9.15 Å². The lowest BCUT2D eigenvalue weighted by Crippen LogP contribution is -1.96. The predicted molar refractivity (Wildman–Crippen MR) is 117 cm³/mol. The monoisotopic (exact) mass is 438 g/mol. The quantitative estimate of drug-likeness (QED) is 0.376. The summed E-state index contributed by atoms with van der Waals surface area (Å²) in [5.41, 5.74) is 0.753. The average Bonchev–Trinajstić information content (AvgIpc) is 3.25. The summed E-state index contributed by atoms with van der Waals surface area (Å²) in [5, 5.41) is 11.5. The molecular formula is C22H18N2O4S2. The lowest BCUT2D eigenvalue weighted by molar-refractivity contribution is 0.414. The summed E-state index contributed by atoms with van der Waals surface area (Å²) in [5.74, 6) is 1.46. The molecule has 4 rings (SSSR count). The predicted octanol–water partition coefficient (Wildman–Crippen LogP) is 4.98. The van der Waals surface area contributed by atoms with E-state index in [0.717, 1.165) is 16.3 Å². The Kier molecular flexibility index (Phi) is 5.87. The number of benzene rings is 3. The lowest BCUT2D eigenvalue weighted by atomic mass is 10.1. The molecule has 0 saturated carbocycles. The summed E-state index contributed by atoms with van der Waals surface area (Å²) in [6.07, 6.45) is 1.57. The Labute approximate surface area is 178 Å². The standard InChI is InChI=1S/C22H18N2O4S2/c1-27-19-9-4-8-18(14-19)21-23-24-22(28-21)29-12-5-13-30(25,26)20-11-10-16-6-2-3-7-17(16)15-20/h2-11,13-15H,12H2,1H3. The molecule has 0 amide bonds.